The van der Waals surface area contributed by atoms with E-state index in [1.165, 1.54) is 7.11 Å². The third-order valence-corrected chi connectivity index (χ3v) is 3.34. The standard InChI is InChI=1S/C17H13NO3/c1-21-17(20)13-7-8-14-9-10-15(18(14)11-13)16(19)12-5-3-2-4-6-12/h2-11H,1H3. The number of methoxy groups -OCH3 is 1. The number of esters is 1. The maximum Gasteiger partial charge on any atom is 0.339 e. The molecular weight excluding hydrogens is 266 g/mol. The lowest BCUT2D eigenvalue weighted by molar-refractivity contribution is 0.0600. The van der Waals surface area contributed by atoms with Gasteiger partial charge in [0.25, 0.3) is 0 Å². The molecule has 0 aliphatic rings. The zero-order valence-corrected chi connectivity index (χ0v) is 11.4. The van der Waals surface area contributed by atoms with Crippen LogP contribution in [0.3, 0.4) is 0 Å². The number of aromatic nitrogens is 1. The van der Waals surface area contributed by atoms with E-state index in [1.54, 1.807) is 40.9 Å². The SMILES string of the molecule is COC(=O)c1ccc2ccc(C(=O)c3ccccc3)n2c1. The first-order valence-electron chi connectivity index (χ1n) is 6.50. The molecule has 0 fully saturated rings. The largest absolute Gasteiger partial charge is 0.465 e. The quantitative estimate of drug-likeness (QED) is 0.547. The number of carbonyl (C=O) groups excluding carboxylic acids is 2. The highest BCUT2D eigenvalue weighted by Crippen LogP contribution is 2.16. The molecule has 0 aliphatic carbocycles. The summed E-state index contributed by atoms with van der Waals surface area (Å²) in [5.74, 6) is -0.513. The Bertz CT molecular complexity index is 818. The third kappa shape index (κ3) is 2.31. The fourth-order valence-electron chi connectivity index (χ4n) is 2.26. The van der Waals surface area contributed by atoms with E-state index in [9.17, 15) is 9.59 Å². The van der Waals surface area contributed by atoms with E-state index in [0.29, 0.717) is 16.8 Å². The maximum atomic E-state index is 12.5. The second-order valence-corrected chi connectivity index (χ2v) is 4.62. The Morgan fingerprint density at radius 3 is 2.33 bits per heavy atom. The van der Waals surface area contributed by atoms with Crippen molar-refractivity contribution in [2.75, 3.05) is 7.11 Å². The molecule has 4 heteroatoms. The Morgan fingerprint density at radius 1 is 0.905 bits per heavy atom. The maximum absolute atomic E-state index is 12.5. The van der Waals surface area contributed by atoms with Gasteiger partial charge in [0.1, 0.15) is 0 Å². The fraction of sp³-hybridized carbons (Fsp3) is 0.0588. The first kappa shape index (κ1) is 13.1. The molecule has 0 bridgehead atoms. The van der Waals surface area contributed by atoms with Gasteiger partial charge >= 0.3 is 5.97 Å². The Labute approximate surface area is 121 Å². The van der Waals surface area contributed by atoms with Crippen molar-refractivity contribution in [2.45, 2.75) is 0 Å². The van der Waals surface area contributed by atoms with Crippen molar-refractivity contribution in [1.29, 1.82) is 0 Å². The average molecular weight is 279 g/mol. The van der Waals surface area contributed by atoms with E-state index in [4.69, 9.17) is 4.74 Å². The predicted octanol–water partition coefficient (Wildman–Crippen LogP) is 2.96. The molecule has 0 N–H and O–H groups in total. The van der Waals surface area contributed by atoms with Gasteiger partial charge in [-0.15, -0.1) is 0 Å². The molecule has 21 heavy (non-hydrogen) atoms. The smallest absolute Gasteiger partial charge is 0.339 e. The lowest BCUT2D eigenvalue weighted by Gasteiger charge is -2.05. The van der Waals surface area contributed by atoms with Gasteiger partial charge in [0, 0.05) is 17.3 Å². The number of hydrogen-bond donors (Lipinski definition) is 0. The van der Waals surface area contributed by atoms with E-state index >= 15 is 0 Å². The molecule has 0 spiro atoms. The highest BCUT2D eigenvalue weighted by Gasteiger charge is 2.14. The topological polar surface area (TPSA) is 47.8 Å². The van der Waals surface area contributed by atoms with Crippen molar-refractivity contribution >= 4 is 17.3 Å². The van der Waals surface area contributed by atoms with Crippen molar-refractivity contribution in [1.82, 2.24) is 4.40 Å². The van der Waals surface area contributed by atoms with Crippen LogP contribution in [0, 0.1) is 0 Å². The van der Waals surface area contributed by atoms with Crippen LogP contribution < -0.4 is 0 Å². The highest BCUT2D eigenvalue weighted by atomic mass is 16.5. The Hall–Kier alpha value is -2.88. The first-order valence-corrected chi connectivity index (χ1v) is 6.50. The number of nitrogens with zero attached hydrogens (tertiary/aromatic N) is 1. The number of rotatable bonds is 3. The van der Waals surface area contributed by atoms with Crippen molar-refractivity contribution < 1.29 is 14.3 Å². The van der Waals surface area contributed by atoms with Crippen LogP contribution in [0.2, 0.25) is 0 Å². The normalized spacial score (nSPS) is 10.5. The first-order chi connectivity index (χ1) is 10.2. The number of pyridine rings is 1. The second-order valence-electron chi connectivity index (χ2n) is 4.62. The van der Waals surface area contributed by atoms with Gasteiger partial charge < -0.3 is 9.14 Å². The van der Waals surface area contributed by atoms with Gasteiger partial charge in [-0.25, -0.2) is 4.79 Å². The van der Waals surface area contributed by atoms with Crippen LogP contribution in [-0.4, -0.2) is 23.3 Å². The van der Waals surface area contributed by atoms with E-state index in [2.05, 4.69) is 0 Å². The highest BCUT2D eigenvalue weighted by molar-refractivity contribution is 6.08. The number of fused-ring (bicyclic) bond motifs is 1. The van der Waals surface area contributed by atoms with Crippen LogP contribution in [0.1, 0.15) is 26.4 Å². The third-order valence-electron chi connectivity index (χ3n) is 3.34. The van der Waals surface area contributed by atoms with Crippen LogP contribution in [0.15, 0.2) is 60.8 Å². The summed E-state index contributed by atoms with van der Waals surface area (Å²) in [6.07, 6.45) is 1.62. The van der Waals surface area contributed by atoms with Crippen molar-refractivity contribution in [3.8, 4) is 0 Å². The molecule has 3 aromatic rings. The van der Waals surface area contributed by atoms with E-state index in [-0.39, 0.29) is 5.78 Å². The number of hydrogen-bond acceptors (Lipinski definition) is 3. The molecule has 2 aromatic heterocycles. The zero-order valence-electron chi connectivity index (χ0n) is 11.4. The summed E-state index contributed by atoms with van der Waals surface area (Å²) in [5, 5.41) is 0. The number of ether oxygens (including phenoxy) is 1. The van der Waals surface area contributed by atoms with Gasteiger partial charge in [-0.05, 0) is 24.3 Å². The summed E-state index contributed by atoms with van der Waals surface area (Å²) in [4.78, 5) is 24.1. The molecule has 2 heterocycles. The van der Waals surface area contributed by atoms with Gasteiger partial charge in [-0.3, -0.25) is 4.79 Å². The minimum absolute atomic E-state index is 0.0855. The van der Waals surface area contributed by atoms with Gasteiger partial charge in [-0.1, -0.05) is 30.3 Å². The van der Waals surface area contributed by atoms with Crippen LogP contribution in [0.4, 0.5) is 0 Å². The molecule has 3 rings (SSSR count). The summed E-state index contributed by atoms with van der Waals surface area (Å²) < 4.78 is 6.42. The molecule has 0 unspecified atom stereocenters. The summed E-state index contributed by atoms with van der Waals surface area (Å²) in [7, 11) is 1.33. The van der Waals surface area contributed by atoms with Gasteiger partial charge in [0.2, 0.25) is 5.78 Å². The molecule has 0 saturated heterocycles. The summed E-state index contributed by atoms with van der Waals surface area (Å²) >= 11 is 0. The predicted molar refractivity (Wildman–Crippen MR) is 78.6 cm³/mol. The van der Waals surface area contributed by atoms with E-state index < -0.39 is 5.97 Å². The molecule has 0 saturated carbocycles. The lowest BCUT2D eigenvalue weighted by atomic mass is 10.1. The van der Waals surface area contributed by atoms with Crippen LogP contribution in [-0.2, 0) is 4.74 Å². The number of benzene rings is 1. The second kappa shape index (κ2) is 5.25. The molecule has 1 aromatic carbocycles. The fourth-order valence-corrected chi connectivity index (χ4v) is 2.26. The number of ketones is 1. The minimum atomic E-state index is -0.427. The lowest BCUT2D eigenvalue weighted by Crippen LogP contribution is -2.07. The summed E-state index contributed by atoms with van der Waals surface area (Å²) in [6, 6.07) is 16.1. The zero-order chi connectivity index (χ0) is 14.8. The molecule has 0 amide bonds. The van der Waals surface area contributed by atoms with Crippen molar-refractivity contribution in [3.63, 3.8) is 0 Å². The van der Waals surface area contributed by atoms with Gasteiger partial charge in [-0.2, -0.15) is 0 Å². The Morgan fingerprint density at radius 2 is 1.62 bits per heavy atom. The molecule has 0 radical (unpaired) electrons. The van der Waals surface area contributed by atoms with Gasteiger partial charge in [0.05, 0.1) is 18.4 Å². The monoisotopic (exact) mass is 279 g/mol. The Balaban J connectivity index is 2.11. The van der Waals surface area contributed by atoms with Crippen LogP contribution >= 0.6 is 0 Å². The summed E-state index contributed by atoms with van der Waals surface area (Å²) in [5.41, 5.74) is 2.38. The van der Waals surface area contributed by atoms with E-state index in [1.807, 2.05) is 24.3 Å². The molecule has 104 valence electrons. The molecular formula is C17H13NO3. The van der Waals surface area contributed by atoms with Crippen molar-refractivity contribution in [2.24, 2.45) is 0 Å². The summed E-state index contributed by atoms with van der Waals surface area (Å²) in [6.45, 7) is 0. The Kier molecular flexibility index (Phi) is 3.28. The average Bonchev–Trinajstić information content (AvgIpc) is 2.97. The van der Waals surface area contributed by atoms with Crippen LogP contribution in [0.25, 0.3) is 5.52 Å². The molecule has 0 aliphatic heterocycles. The minimum Gasteiger partial charge on any atom is -0.465 e. The van der Waals surface area contributed by atoms with Crippen LogP contribution in [0.5, 0.6) is 0 Å². The molecule has 0 atom stereocenters. The van der Waals surface area contributed by atoms with Crippen molar-refractivity contribution in [3.05, 3.63) is 77.6 Å². The molecule has 4 nitrogen and oxygen atoms in total. The van der Waals surface area contributed by atoms with E-state index in [0.717, 1.165) is 5.52 Å². The number of carbonyl (C=O) groups is 2. The van der Waals surface area contributed by atoms with Gasteiger partial charge in [0.15, 0.2) is 0 Å².